The van der Waals surface area contributed by atoms with Gasteiger partial charge in [-0.25, -0.2) is 4.39 Å². The lowest BCUT2D eigenvalue weighted by Crippen LogP contribution is -2.41. The molecule has 3 aromatic carbocycles. The van der Waals surface area contributed by atoms with Crippen LogP contribution in [0.3, 0.4) is 0 Å². The first-order chi connectivity index (χ1) is 16.7. The van der Waals surface area contributed by atoms with Crippen molar-refractivity contribution in [2.75, 3.05) is 31.0 Å². The molecule has 0 spiro atoms. The number of halogens is 2. The Morgan fingerprint density at radius 1 is 1.11 bits per heavy atom. The topological polar surface area (TPSA) is 42.0 Å². The van der Waals surface area contributed by atoms with E-state index >= 15 is 0 Å². The summed E-state index contributed by atoms with van der Waals surface area (Å²) in [6.45, 7) is 4.04. The van der Waals surface area contributed by atoms with Gasteiger partial charge in [-0.2, -0.15) is 0 Å². The smallest absolute Gasteiger partial charge is 0.232 e. The lowest BCUT2D eigenvalue weighted by atomic mass is 9.86. The Hall–Kier alpha value is -3.25. The van der Waals surface area contributed by atoms with E-state index in [4.69, 9.17) is 21.1 Å². The highest BCUT2D eigenvalue weighted by Crippen LogP contribution is 2.44. The van der Waals surface area contributed by atoms with Gasteiger partial charge in [0.15, 0.2) is 11.5 Å². The number of hydrogen-bond acceptors (Lipinski definition) is 4. The van der Waals surface area contributed by atoms with Gasteiger partial charge in [0.2, 0.25) is 5.91 Å². The van der Waals surface area contributed by atoms with Crippen molar-refractivity contribution < 1.29 is 18.7 Å². The van der Waals surface area contributed by atoms with E-state index in [1.165, 1.54) is 12.1 Å². The van der Waals surface area contributed by atoms with E-state index in [9.17, 15) is 9.18 Å². The van der Waals surface area contributed by atoms with Crippen LogP contribution in [0.4, 0.5) is 15.8 Å². The molecule has 0 bridgehead atoms. The second-order valence-corrected chi connectivity index (χ2v) is 9.37. The van der Waals surface area contributed by atoms with Gasteiger partial charge in [0.05, 0.1) is 30.7 Å². The normalized spacial score (nSPS) is 16.0. The van der Waals surface area contributed by atoms with Crippen molar-refractivity contribution in [3.63, 3.8) is 0 Å². The van der Waals surface area contributed by atoms with Gasteiger partial charge >= 0.3 is 0 Å². The highest BCUT2D eigenvalue weighted by molar-refractivity contribution is 6.30. The molecule has 0 aromatic heterocycles. The minimum Gasteiger partial charge on any atom is -0.493 e. The molecule has 2 atom stereocenters. The monoisotopic (exact) mass is 496 g/mol. The molecule has 0 fully saturated rings. The van der Waals surface area contributed by atoms with Crippen LogP contribution in [0, 0.1) is 5.82 Å². The number of ether oxygens (including phenoxy) is 2. The van der Waals surface area contributed by atoms with Crippen molar-refractivity contribution in [1.29, 1.82) is 0 Å². The van der Waals surface area contributed by atoms with E-state index in [0.717, 1.165) is 28.9 Å². The lowest BCUT2D eigenvalue weighted by molar-refractivity contribution is -0.118. The third-order valence-corrected chi connectivity index (χ3v) is 6.70. The molecule has 0 saturated heterocycles. The molecule has 3 aromatic rings. The number of hydrogen-bond donors (Lipinski definition) is 0. The average molecular weight is 497 g/mol. The first-order valence-electron chi connectivity index (χ1n) is 11.6. The first-order valence-corrected chi connectivity index (χ1v) is 12.0. The van der Waals surface area contributed by atoms with Gasteiger partial charge in [0.25, 0.3) is 0 Å². The fourth-order valence-corrected chi connectivity index (χ4v) is 4.44. The molecule has 7 heteroatoms. The van der Waals surface area contributed by atoms with Gasteiger partial charge in [-0.05, 0) is 78.6 Å². The maximum Gasteiger partial charge on any atom is 0.232 e. The van der Waals surface area contributed by atoms with Gasteiger partial charge in [0.1, 0.15) is 5.82 Å². The number of amides is 1. The Balaban J connectivity index is 1.91. The summed E-state index contributed by atoms with van der Waals surface area (Å²) >= 11 is 5.99. The van der Waals surface area contributed by atoms with E-state index in [1.54, 1.807) is 18.1 Å². The minimum atomic E-state index is -0.562. The predicted molar refractivity (Wildman–Crippen MR) is 139 cm³/mol. The van der Waals surface area contributed by atoms with E-state index in [2.05, 4.69) is 0 Å². The summed E-state index contributed by atoms with van der Waals surface area (Å²) < 4.78 is 26.4. The van der Waals surface area contributed by atoms with Crippen molar-refractivity contribution in [3.8, 4) is 11.5 Å². The molecule has 184 valence electrons. The largest absolute Gasteiger partial charge is 0.493 e. The predicted octanol–water partition coefficient (Wildman–Crippen LogP) is 6.41. The minimum absolute atomic E-state index is 0.0201. The van der Waals surface area contributed by atoms with Crippen molar-refractivity contribution >= 4 is 28.9 Å². The van der Waals surface area contributed by atoms with Crippen LogP contribution >= 0.6 is 11.6 Å². The molecule has 1 amide bonds. The SMILES string of the molecule is CCC(C)Oc1cc2c(cc1OC)CC(=O)N(c1ccc(N(C)C)cc1)C2c1ccc(Cl)c(F)c1. The maximum atomic E-state index is 14.6. The van der Waals surface area contributed by atoms with Gasteiger partial charge in [-0.1, -0.05) is 24.6 Å². The van der Waals surface area contributed by atoms with Gasteiger partial charge < -0.3 is 19.3 Å². The number of nitrogens with zero attached hydrogens (tertiary/aromatic N) is 2. The molecule has 5 nitrogen and oxygen atoms in total. The highest BCUT2D eigenvalue weighted by Gasteiger charge is 2.36. The summed E-state index contributed by atoms with van der Waals surface area (Å²) in [6.07, 6.45) is 1.000. The Bertz CT molecular complexity index is 1230. The van der Waals surface area contributed by atoms with Crippen LogP contribution in [0.2, 0.25) is 5.02 Å². The molecule has 35 heavy (non-hydrogen) atoms. The molecule has 0 aliphatic carbocycles. The lowest BCUT2D eigenvalue weighted by Gasteiger charge is -2.38. The number of benzene rings is 3. The van der Waals surface area contributed by atoms with Crippen LogP contribution < -0.4 is 19.3 Å². The summed E-state index contributed by atoms with van der Waals surface area (Å²) in [7, 11) is 5.51. The number of fused-ring (bicyclic) bond motifs is 1. The molecular formula is C28H30ClFN2O3. The molecular weight excluding hydrogens is 467 g/mol. The Labute approximate surface area is 211 Å². The molecule has 2 unspecified atom stereocenters. The summed E-state index contributed by atoms with van der Waals surface area (Å²) in [5, 5.41) is 0.0357. The molecule has 4 rings (SSSR count). The number of methoxy groups -OCH3 is 1. The zero-order valence-corrected chi connectivity index (χ0v) is 21.4. The van der Waals surface area contributed by atoms with Crippen LogP contribution in [-0.2, 0) is 11.2 Å². The van der Waals surface area contributed by atoms with Gasteiger partial charge in [-0.15, -0.1) is 0 Å². The molecule has 0 radical (unpaired) electrons. The maximum absolute atomic E-state index is 14.6. The second kappa shape index (κ2) is 10.2. The van der Waals surface area contributed by atoms with E-state index in [1.807, 2.05) is 69.2 Å². The van der Waals surface area contributed by atoms with Crippen molar-refractivity contribution in [1.82, 2.24) is 0 Å². The molecule has 1 heterocycles. The van der Waals surface area contributed by atoms with Crippen molar-refractivity contribution in [3.05, 3.63) is 82.1 Å². The van der Waals surface area contributed by atoms with Crippen LogP contribution in [0.5, 0.6) is 11.5 Å². The fourth-order valence-electron chi connectivity index (χ4n) is 4.32. The first kappa shape index (κ1) is 24.9. The molecule has 0 saturated carbocycles. The third-order valence-electron chi connectivity index (χ3n) is 6.40. The van der Waals surface area contributed by atoms with Crippen LogP contribution in [0.15, 0.2) is 54.6 Å². The number of carbonyl (C=O) groups excluding carboxylic acids is 1. The van der Waals surface area contributed by atoms with Crippen molar-refractivity contribution in [2.45, 2.75) is 38.8 Å². The van der Waals surface area contributed by atoms with Crippen LogP contribution in [-0.4, -0.2) is 33.2 Å². The van der Waals surface area contributed by atoms with E-state index in [0.29, 0.717) is 17.1 Å². The highest BCUT2D eigenvalue weighted by atomic mass is 35.5. The summed E-state index contributed by atoms with van der Waals surface area (Å²) in [6, 6.07) is 15.7. The summed E-state index contributed by atoms with van der Waals surface area (Å²) in [5.41, 5.74) is 4.05. The second-order valence-electron chi connectivity index (χ2n) is 8.97. The van der Waals surface area contributed by atoms with Gasteiger partial charge in [-0.3, -0.25) is 4.79 Å². The quantitative estimate of drug-likeness (QED) is 0.379. The van der Waals surface area contributed by atoms with Crippen LogP contribution in [0.25, 0.3) is 0 Å². The average Bonchev–Trinajstić information content (AvgIpc) is 2.84. The van der Waals surface area contributed by atoms with E-state index in [-0.39, 0.29) is 23.5 Å². The third kappa shape index (κ3) is 4.94. The van der Waals surface area contributed by atoms with Gasteiger partial charge in [0, 0.05) is 25.5 Å². The summed E-state index contributed by atoms with van der Waals surface area (Å²) in [5.74, 6) is 0.545. The Morgan fingerprint density at radius 2 is 1.83 bits per heavy atom. The van der Waals surface area contributed by atoms with Crippen molar-refractivity contribution in [2.24, 2.45) is 0 Å². The van der Waals surface area contributed by atoms with E-state index < -0.39 is 11.9 Å². The standard InChI is InChI=1S/C28H30ClFN2O3/c1-6-17(2)35-26-16-22-19(14-25(26)34-5)15-27(33)32(21-10-8-20(9-11-21)31(3)4)28(22)18-7-12-23(29)24(30)13-18/h7-14,16-17,28H,6,15H2,1-5H3. The Morgan fingerprint density at radius 3 is 2.43 bits per heavy atom. The number of rotatable bonds is 7. The molecule has 1 aliphatic rings. The van der Waals surface area contributed by atoms with Crippen LogP contribution in [0.1, 0.15) is 43.0 Å². The zero-order chi connectivity index (χ0) is 25.3. The summed E-state index contributed by atoms with van der Waals surface area (Å²) in [4.78, 5) is 17.3. The fraction of sp³-hybridized carbons (Fsp3) is 0.321. The Kier molecular flexibility index (Phi) is 7.22. The number of anilines is 2. The zero-order valence-electron chi connectivity index (χ0n) is 20.6. The molecule has 0 N–H and O–H groups in total. The molecule has 1 aliphatic heterocycles. The number of carbonyl (C=O) groups is 1.